The zero-order valence-electron chi connectivity index (χ0n) is 9.55. The highest BCUT2D eigenvalue weighted by atomic mass is 35.5. The fourth-order valence-electron chi connectivity index (χ4n) is 1.55. The van der Waals surface area contributed by atoms with Crippen LogP contribution in [0.4, 0.5) is 0 Å². The molecule has 0 saturated carbocycles. The molecular formula is C12H10ClN3O2. The van der Waals surface area contributed by atoms with Crippen LogP contribution in [-0.4, -0.2) is 29.0 Å². The molecule has 2 rings (SSSR count). The Morgan fingerprint density at radius 2 is 2.22 bits per heavy atom. The molecule has 1 N–H and O–H groups in total. The molecule has 1 aromatic carbocycles. The van der Waals surface area contributed by atoms with Crippen LogP contribution < -0.4 is 5.32 Å². The molecule has 0 radical (unpaired) electrons. The summed E-state index contributed by atoms with van der Waals surface area (Å²) in [6, 6.07) is 6.61. The number of rotatable bonds is 3. The molecule has 0 spiro atoms. The second kappa shape index (κ2) is 5.01. The van der Waals surface area contributed by atoms with Crippen molar-refractivity contribution >= 4 is 23.8 Å². The lowest BCUT2D eigenvalue weighted by atomic mass is 10.2. The van der Waals surface area contributed by atoms with Gasteiger partial charge < -0.3 is 5.32 Å². The smallest absolute Gasteiger partial charge is 0.271 e. The molecule has 0 aliphatic heterocycles. The molecule has 5 nitrogen and oxygen atoms in total. The molecule has 0 aliphatic carbocycles. The van der Waals surface area contributed by atoms with Gasteiger partial charge in [0, 0.05) is 13.2 Å². The van der Waals surface area contributed by atoms with Crippen LogP contribution in [0.2, 0.25) is 5.02 Å². The fourth-order valence-corrected chi connectivity index (χ4v) is 1.76. The van der Waals surface area contributed by atoms with Crippen molar-refractivity contribution in [3.8, 4) is 5.69 Å². The van der Waals surface area contributed by atoms with Crippen LogP contribution in [0.5, 0.6) is 0 Å². The van der Waals surface area contributed by atoms with Crippen LogP contribution in [0.15, 0.2) is 30.5 Å². The van der Waals surface area contributed by atoms with Crippen LogP contribution in [0, 0.1) is 0 Å². The number of benzene rings is 1. The maximum atomic E-state index is 11.4. The van der Waals surface area contributed by atoms with E-state index in [0.29, 0.717) is 22.6 Å². The predicted octanol–water partition coefficient (Wildman–Crippen LogP) is 1.70. The number of amides is 1. The van der Waals surface area contributed by atoms with Crippen LogP contribution in [-0.2, 0) is 0 Å². The van der Waals surface area contributed by atoms with E-state index in [1.54, 1.807) is 30.5 Å². The van der Waals surface area contributed by atoms with Gasteiger partial charge in [0.05, 0.1) is 16.3 Å². The summed E-state index contributed by atoms with van der Waals surface area (Å²) in [4.78, 5) is 22.4. The largest absolute Gasteiger partial charge is 0.354 e. The Bertz CT molecular complexity index is 607. The van der Waals surface area contributed by atoms with E-state index in [4.69, 9.17) is 11.6 Å². The Kier molecular flexibility index (Phi) is 3.43. The number of nitrogens with one attached hydrogen (secondary N) is 1. The summed E-state index contributed by atoms with van der Waals surface area (Å²) in [6.45, 7) is 0. The van der Waals surface area contributed by atoms with E-state index in [-0.39, 0.29) is 11.6 Å². The lowest BCUT2D eigenvalue weighted by molar-refractivity contribution is 0.0957. The number of halogens is 1. The van der Waals surface area contributed by atoms with Crippen LogP contribution in [0.25, 0.3) is 5.69 Å². The standard InChI is InChI=1S/C12H10ClN3O2/c1-14-12(18)10-5-6-16(15-10)11-4-2-3-9(13)8(11)7-17/h2-7H,1H3,(H,14,18). The van der Waals surface area contributed by atoms with Crippen molar-refractivity contribution in [3.05, 3.63) is 46.7 Å². The van der Waals surface area contributed by atoms with E-state index in [2.05, 4.69) is 10.4 Å². The van der Waals surface area contributed by atoms with E-state index in [1.807, 2.05) is 0 Å². The van der Waals surface area contributed by atoms with Gasteiger partial charge in [-0.2, -0.15) is 5.10 Å². The van der Waals surface area contributed by atoms with Crippen molar-refractivity contribution < 1.29 is 9.59 Å². The highest BCUT2D eigenvalue weighted by molar-refractivity contribution is 6.33. The topological polar surface area (TPSA) is 64.0 Å². The first-order chi connectivity index (χ1) is 8.67. The average Bonchev–Trinajstić information content (AvgIpc) is 2.87. The summed E-state index contributed by atoms with van der Waals surface area (Å²) in [5.41, 5.74) is 1.15. The molecule has 18 heavy (non-hydrogen) atoms. The van der Waals surface area contributed by atoms with Gasteiger partial charge in [-0.15, -0.1) is 0 Å². The minimum Gasteiger partial charge on any atom is -0.354 e. The maximum absolute atomic E-state index is 11.4. The van der Waals surface area contributed by atoms with E-state index >= 15 is 0 Å². The van der Waals surface area contributed by atoms with Gasteiger partial charge in [0.1, 0.15) is 0 Å². The van der Waals surface area contributed by atoms with Gasteiger partial charge >= 0.3 is 0 Å². The van der Waals surface area contributed by atoms with Gasteiger partial charge in [0.2, 0.25) is 0 Å². The third kappa shape index (κ3) is 2.12. The zero-order chi connectivity index (χ0) is 13.1. The van der Waals surface area contributed by atoms with Gasteiger partial charge in [0.15, 0.2) is 12.0 Å². The SMILES string of the molecule is CNC(=O)c1ccn(-c2cccc(Cl)c2C=O)n1. The van der Waals surface area contributed by atoms with E-state index in [9.17, 15) is 9.59 Å². The van der Waals surface area contributed by atoms with Gasteiger partial charge in [-0.05, 0) is 18.2 Å². The third-order valence-electron chi connectivity index (χ3n) is 2.44. The van der Waals surface area contributed by atoms with Crippen LogP contribution in [0.1, 0.15) is 20.8 Å². The normalized spacial score (nSPS) is 10.1. The predicted molar refractivity (Wildman–Crippen MR) is 67.4 cm³/mol. The molecule has 0 unspecified atom stereocenters. The molecular weight excluding hydrogens is 254 g/mol. The summed E-state index contributed by atoms with van der Waals surface area (Å²) in [5.74, 6) is -0.288. The van der Waals surface area contributed by atoms with Crippen LogP contribution in [0.3, 0.4) is 0 Å². The summed E-state index contributed by atoms with van der Waals surface area (Å²) in [7, 11) is 1.53. The summed E-state index contributed by atoms with van der Waals surface area (Å²) < 4.78 is 1.44. The first-order valence-corrected chi connectivity index (χ1v) is 5.57. The molecule has 92 valence electrons. The van der Waals surface area contributed by atoms with Crippen molar-refractivity contribution in [2.75, 3.05) is 7.05 Å². The maximum Gasteiger partial charge on any atom is 0.271 e. The molecule has 0 saturated heterocycles. The number of hydrogen-bond acceptors (Lipinski definition) is 3. The number of hydrogen-bond donors (Lipinski definition) is 1. The van der Waals surface area contributed by atoms with Crippen molar-refractivity contribution in [1.82, 2.24) is 15.1 Å². The average molecular weight is 264 g/mol. The highest BCUT2D eigenvalue weighted by Crippen LogP contribution is 2.21. The Morgan fingerprint density at radius 1 is 1.44 bits per heavy atom. The highest BCUT2D eigenvalue weighted by Gasteiger charge is 2.12. The summed E-state index contributed by atoms with van der Waals surface area (Å²) in [5, 5.41) is 6.91. The fraction of sp³-hybridized carbons (Fsp3) is 0.0833. The molecule has 1 aromatic heterocycles. The third-order valence-corrected chi connectivity index (χ3v) is 2.77. The second-order valence-electron chi connectivity index (χ2n) is 3.52. The lowest BCUT2D eigenvalue weighted by Crippen LogP contribution is -2.18. The molecule has 0 fully saturated rings. The van der Waals surface area contributed by atoms with Gasteiger partial charge in [-0.25, -0.2) is 4.68 Å². The lowest BCUT2D eigenvalue weighted by Gasteiger charge is -2.05. The first kappa shape index (κ1) is 12.3. The number of nitrogens with zero attached hydrogens (tertiary/aromatic N) is 2. The van der Waals surface area contributed by atoms with Crippen molar-refractivity contribution in [2.24, 2.45) is 0 Å². The Labute approximate surface area is 108 Å². The second-order valence-corrected chi connectivity index (χ2v) is 3.92. The number of aromatic nitrogens is 2. The minimum absolute atomic E-state index is 0.273. The van der Waals surface area contributed by atoms with Crippen molar-refractivity contribution in [2.45, 2.75) is 0 Å². The monoisotopic (exact) mass is 263 g/mol. The molecule has 1 amide bonds. The Morgan fingerprint density at radius 3 is 2.89 bits per heavy atom. The minimum atomic E-state index is -0.288. The Hall–Kier alpha value is -2.14. The van der Waals surface area contributed by atoms with Gasteiger partial charge in [-0.1, -0.05) is 17.7 Å². The quantitative estimate of drug-likeness (QED) is 0.857. The Balaban J connectivity index is 2.49. The van der Waals surface area contributed by atoms with Crippen molar-refractivity contribution in [1.29, 1.82) is 0 Å². The molecule has 0 bridgehead atoms. The molecule has 0 aliphatic rings. The molecule has 2 aromatic rings. The van der Waals surface area contributed by atoms with E-state index in [1.165, 1.54) is 11.7 Å². The molecule has 0 atom stereocenters. The number of carbonyl (C=O) groups excluding carboxylic acids is 2. The van der Waals surface area contributed by atoms with E-state index < -0.39 is 0 Å². The van der Waals surface area contributed by atoms with Crippen molar-refractivity contribution in [3.63, 3.8) is 0 Å². The summed E-state index contributed by atoms with van der Waals surface area (Å²) in [6.07, 6.45) is 2.27. The summed E-state index contributed by atoms with van der Waals surface area (Å²) >= 11 is 5.92. The van der Waals surface area contributed by atoms with Crippen LogP contribution >= 0.6 is 11.6 Å². The molecule has 1 heterocycles. The first-order valence-electron chi connectivity index (χ1n) is 5.19. The van der Waals surface area contributed by atoms with Gasteiger partial charge in [0.25, 0.3) is 5.91 Å². The van der Waals surface area contributed by atoms with Gasteiger partial charge in [-0.3, -0.25) is 9.59 Å². The van der Waals surface area contributed by atoms with E-state index in [0.717, 1.165) is 0 Å². The number of carbonyl (C=O) groups is 2. The zero-order valence-corrected chi connectivity index (χ0v) is 10.3. The number of aldehydes is 1. The molecule has 6 heteroatoms.